The number of aromatic nitrogens is 1. The molecule has 1 aromatic heterocycles. The van der Waals surface area contributed by atoms with Crippen molar-refractivity contribution in [1.82, 2.24) is 4.98 Å². The lowest BCUT2D eigenvalue weighted by atomic mass is 10.5. The van der Waals surface area contributed by atoms with Crippen LogP contribution in [0.25, 0.3) is 0 Å². The summed E-state index contributed by atoms with van der Waals surface area (Å²) in [4.78, 5) is 3.43. The molecule has 0 amide bonds. The van der Waals surface area contributed by atoms with Crippen LogP contribution in [0.3, 0.4) is 0 Å². The Bertz CT molecular complexity index is 334. The van der Waals surface area contributed by atoms with E-state index < -0.39 is 12.2 Å². The van der Waals surface area contributed by atoms with Gasteiger partial charge in [0, 0.05) is 10.5 Å². The van der Waals surface area contributed by atoms with Gasteiger partial charge in [-0.15, -0.1) is 13.2 Å². The number of pyridine rings is 1. The van der Waals surface area contributed by atoms with E-state index in [-0.39, 0.29) is 14.1 Å². The average Bonchev–Trinajstić information content (AvgIpc) is 1.96. The van der Waals surface area contributed by atoms with Gasteiger partial charge < -0.3 is 4.74 Å². The minimum atomic E-state index is -4.76. The van der Waals surface area contributed by atoms with E-state index in [2.05, 4.69) is 41.6 Å². The molecule has 0 spiro atoms. The van der Waals surface area contributed by atoms with Crippen molar-refractivity contribution in [2.24, 2.45) is 0 Å². The molecule has 0 bridgehead atoms. The highest BCUT2D eigenvalue weighted by Crippen LogP contribution is 2.33. The van der Waals surface area contributed by atoms with E-state index in [0.717, 1.165) is 6.07 Å². The number of hydrogen-bond donors (Lipinski definition) is 0. The molecule has 0 unspecified atom stereocenters. The molecule has 0 radical (unpaired) electrons. The normalized spacial score (nSPS) is 11.6. The number of ether oxygens (including phenoxy) is 1. The van der Waals surface area contributed by atoms with Gasteiger partial charge in [0.1, 0.15) is 4.60 Å². The van der Waals surface area contributed by atoms with Crippen LogP contribution in [0.1, 0.15) is 0 Å². The molecule has 78 valence electrons. The topological polar surface area (TPSA) is 22.1 Å². The highest BCUT2D eigenvalue weighted by molar-refractivity contribution is 9.11. The molecule has 0 saturated heterocycles. The fourth-order valence-electron chi connectivity index (χ4n) is 0.619. The van der Waals surface area contributed by atoms with E-state index in [1.807, 2.05) is 0 Å². The van der Waals surface area contributed by atoms with E-state index in [0.29, 0.717) is 0 Å². The summed E-state index contributed by atoms with van der Waals surface area (Å²) in [6, 6.07) is 1.03. The Balaban J connectivity index is 3.02. The molecule has 0 saturated carbocycles. The highest BCUT2D eigenvalue weighted by atomic mass is 79.9. The molecule has 0 aliphatic carbocycles. The van der Waals surface area contributed by atoms with Crippen LogP contribution >= 0.6 is 43.5 Å². The molecule has 0 aromatic carbocycles. The first-order valence-corrected chi connectivity index (χ1v) is 5.03. The van der Waals surface area contributed by atoms with Crippen molar-refractivity contribution in [3.63, 3.8) is 0 Å². The predicted octanol–water partition coefficient (Wildman–Crippen LogP) is 4.16. The molecule has 14 heavy (non-hydrogen) atoms. The van der Waals surface area contributed by atoms with Gasteiger partial charge in [0.2, 0.25) is 5.88 Å². The first-order valence-electron chi connectivity index (χ1n) is 3.07. The lowest BCUT2D eigenvalue weighted by molar-refractivity contribution is -0.276. The summed E-state index contributed by atoms with van der Waals surface area (Å²) in [6.07, 6.45) is -4.76. The Labute approximate surface area is 98.7 Å². The second kappa shape index (κ2) is 4.24. The standard InChI is InChI=1S/C6HBr2ClF3NO/c7-2-1-3(14-6(10,11)12)13-5(8)4(2)9/h1H. The van der Waals surface area contributed by atoms with Gasteiger partial charge >= 0.3 is 6.36 Å². The van der Waals surface area contributed by atoms with Gasteiger partial charge in [-0.2, -0.15) is 0 Å². The summed E-state index contributed by atoms with van der Waals surface area (Å²) in [7, 11) is 0. The van der Waals surface area contributed by atoms with Crippen LogP contribution in [-0.4, -0.2) is 11.3 Å². The minimum absolute atomic E-state index is 0.0767. The third-order valence-electron chi connectivity index (χ3n) is 1.07. The molecule has 0 aliphatic heterocycles. The molecule has 0 fully saturated rings. The Morgan fingerprint density at radius 1 is 1.36 bits per heavy atom. The number of hydrogen-bond acceptors (Lipinski definition) is 2. The van der Waals surface area contributed by atoms with Crippen molar-refractivity contribution >= 4 is 43.5 Å². The number of alkyl halides is 3. The molecular weight excluding hydrogens is 354 g/mol. The lowest BCUT2D eigenvalue weighted by Crippen LogP contribution is -2.18. The van der Waals surface area contributed by atoms with Crippen LogP contribution in [0.2, 0.25) is 5.02 Å². The molecular formula is C6HBr2ClF3NO. The Morgan fingerprint density at radius 3 is 2.36 bits per heavy atom. The predicted molar refractivity (Wildman–Crippen MR) is 51.3 cm³/mol. The summed E-state index contributed by atoms with van der Waals surface area (Å²) < 4.78 is 39.3. The van der Waals surface area contributed by atoms with E-state index in [4.69, 9.17) is 11.6 Å². The second-order valence-corrected chi connectivity index (χ2v) is 4.08. The van der Waals surface area contributed by atoms with Gasteiger partial charge in [0.15, 0.2) is 0 Å². The van der Waals surface area contributed by atoms with Crippen LogP contribution in [-0.2, 0) is 0 Å². The zero-order chi connectivity index (χ0) is 10.9. The third kappa shape index (κ3) is 3.29. The van der Waals surface area contributed by atoms with Crippen LogP contribution < -0.4 is 4.74 Å². The maximum Gasteiger partial charge on any atom is 0.574 e. The fourth-order valence-corrected chi connectivity index (χ4v) is 1.75. The number of nitrogens with zero attached hydrogens (tertiary/aromatic N) is 1. The smallest absolute Gasteiger partial charge is 0.388 e. The summed E-state index contributed by atoms with van der Waals surface area (Å²) in [5.41, 5.74) is 0. The largest absolute Gasteiger partial charge is 0.574 e. The number of halogens is 6. The Morgan fingerprint density at radius 2 is 1.93 bits per heavy atom. The van der Waals surface area contributed by atoms with Crippen LogP contribution in [0, 0.1) is 0 Å². The maximum atomic E-state index is 11.8. The minimum Gasteiger partial charge on any atom is -0.388 e. The van der Waals surface area contributed by atoms with E-state index in [1.54, 1.807) is 0 Å². The summed E-state index contributed by atoms with van der Waals surface area (Å²) in [6.45, 7) is 0. The molecule has 2 nitrogen and oxygen atoms in total. The van der Waals surface area contributed by atoms with Crippen molar-refractivity contribution in [3.8, 4) is 5.88 Å². The van der Waals surface area contributed by atoms with E-state index in [1.165, 1.54) is 0 Å². The van der Waals surface area contributed by atoms with Crippen LogP contribution in [0.4, 0.5) is 13.2 Å². The number of rotatable bonds is 1. The maximum absolute atomic E-state index is 11.8. The monoisotopic (exact) mass is 353 g/mol. The molecule has 0 aliphatic rings. The molecule has 1 rings (SSSR count). The molecule has 0 atom stereocenters. The van der Waals surface area contributed by atoms with Gasteiger partial charge in [-0.3, -0.25) is 0 Å². The van der Waals surface area contributed by atoms with Crippen molar-refractivity contribution in [2.75, 3.05) is 0 Å². The molecule has 1 aromatic rings. The zero-order valence-corrected chi connectivity index (χ0v) is 10.1. The second-order valence-electron chi connectivity index (χ2n) is 2.09. The molecule has 8 heteroatoms. The summed E-state index contributed by atoms with van der Waals surface area (Å²) in [5.74, 6) is -0.583. The van der Waals surface area contributed by atoms with Crippen molar-refractivity contribution < 1.29 is 17.9 Å². The van der Waals surface area contributed by atoms with Gasteiger partial charge in [-0.05, 0) is 31.9 Å². The van der Waals surface area contributed by atoms with Gasteiger partial charge in [0.25, 0.3) is 0 Å². The molecule has 0 N–H and O–H groups in total. The van der Waals surface area contributed by atoms with Crippen LogP contribution in [0.5, 0.6) is 5.88 Å². The quantitative estimate of drug-likeness (QED) is 0.706. The van der Waals surface area contributed by atoms with Gasteiger partial charge in [-0.25, -0.2) is 4.98 Å². The van der Waals surface area contributed by atoms with E-state index in [9.17, 15) is 13.2 Å². The van der Waals surface area contributed by atoms with Crippen molar-refractivity contribution in [3.05, 3.63) is 20.2 Å². The SMILES string of the molecule is FC(F)(F)Oc1cc(Br)c(Cl)c(Br)n1. The average molecular weight is 355 g/mol. The summed E-state index contributed by atoms with van der Waals surface area (Å²) in [5, 5.41) is 0.180. The summed E-state index contributed by atoms with van der Waals surface area (Å²) >= 11 is 11.5. The van der Waals surface area contributed by atoms with Crippen molar-refractivity contribution in [2.45, 2.75) is 6.36 Å². The van der Waals surface area contributed by atoms with Crippen molar-refractivity contribution in [1.29, 1.82) is 0 Å². The zero-order valence-electron chi connectivity index (χ0n) is 6.20. The van der Waals surface area contributed by atoms with Gasteiger partial charge in [-0.1, -0.05) is 11.6 Å². The van der Waals surface area contributed by atoms with E-state index >= 15 is 0 Å². The third-order valence-corrected chi connectivity index (χ3v) is 3.11. The Kier molecular flexibility index (Phi) is 3.65. The lowest BCUT2D eigenvalue weighted by Gasteiger charge is -2.09. The van der Waals surface area contributed by atoms with Gasteiger partial charge in [0.05, 0.1) is 5.02 Å². The highest BCUT2D eigenvalue weighted by Gasteiger charge is 2.32. The Hall–Kier alpha value is -0.0100. The first kappa shape index (κ1) is 12.1. The van der Waals surface area contributed by atoms with Crippen LogP contribution in [0.15, 0.2) is 15.1 Å². The fraction of sp³-hybridized carbons (Fsp3) is 0.167. The first-order chi connectivity index (χ1) is 6.29. The molecule has 1 heterocycles.